The van der Waals surface area contributed by atoms with Crippen molar-refractivity contribution in [3.63, 3.8) is 0 Å². The summed E-state index contributed by atoms with van der Waals surface area (Å²) in [6.07, 6.45) is 1.000. The number of anilines is 1. The molecule has 0 radical (unpaired) electrons. The average molecular weight is 472 g/mol. The third-order valence-electron chi connectivity index (χ3n) is 2.70. The second-order valence-electron chi connectivity index (χ2n) is 4.48. The van der Waals surface area contributed by atoms with Gasteiger partial charge in [-0.15, -0.1) is 0 Å². The van der Waals surface area contributed by atoms with Gasteiger partial charge in [0.15, 0.2) is 9.84 Å². The van der Waals surface area contributed by atoms with Gasteiger partial charge in [0.1, 0.15) is 4.90 Å². The van der Waals surface area contributed by atoms with E-state index >= 15 is 0 Å². The summed E-state index contributed by atoms with van der Waals surface area (Å²) in [4.78, 5) is -0.393. The van der Waals surface area contributed by atoms with E-state index in [4.69, 9.17) is 11.6 Å². The van der Waals surface area contributed by atoms with Crippen LogP contribution >= 0.6 is 34.2 Å². The highest BCUT2D eigenvalue weighted by Crippen LogP contribution is 2.27. The van der Waals surface area contributed by atoms with Crippen LogP contribution in [0.15, 0.2) is 52.3 Å². The standard InChI is InChI=1S/C13H11ClINO4S2/c1-21(17,18)11-5-6-12(14)13(8-11)22(19,20)16-10-4-2-3-9(15)7-10/h2-8,16H,1H3. The van der Waals surface area contributed by atoms with E-state index in [0.717, 1.165) is 15.9 Å². The fraction of sp³-hybridized carbons (Fsp3) is 0.0769. The lowest BCUT2D eigenvalue weighted by atomic mass is 10.3. The van der Waals surface area contributed by atoms with Crippen LogP contribution in [-0.2, 0) is 19.9 Å². The van der Waals surface area contributed by atoms with Gasteiger partial charge in [0.2, 0.25) is 0 Å². The van der Waals surface area contributed by atoms with E-state index in [-0.39, 0.29) is 14.8 Å². The van der Waals surface area contributed by atoms with Crippen molar-refractivity contribution in [1.29, 1.82) is 0 Å². The van der Waals surface area contributed by atoms with Gasteiger partial charge in [-0.05, 0) is 59.0 Å². The zero-order valence-electron chi connectivity index (χ0n) is 11.2. The Balaban J connectivity index is 2.50. The summed E-state index contributed by atoms with van der Waals surface area (Å²) in [6.45, 7) is 0. The monoisotopic (exact) mass is 471 g/mol. The van der Waals surface area contributed by atoms with Gasteiger partial charge in [0.25, 0.3) is 10.0 Å². The molecule has 22 heavy (non-hydrogen) atoms. The first kappa shape index (κ1) is 17.5. The smallest absolute Gasteiger partial charge is 0.263 e. The molecule has 0 aliphatic rings. The van der Waals surface area contributed by atoms with E-state index in [1.54, 1.807) is 18.2 Å². The van der Waals surface area contributed by atoms with Crippen LogP contribution in [0.4, 0.5) is 5.69 Å². The summed E-state index contributed by atoms with van der Waals surface area (Å²) < 4.78 is 51.2. The van der Waals surface area contributed by atoms with Crippen LogP contribution in [0, 0.1) is 3.57 Å². The van der Waals surface area contributed by atoms with Crippen molar-refractivity contribution in [3.8, 4) is 0 Å². The van der Waals surface area contributed by atoms with Crippen molar-refractivity contribution >= 4 is 59.7 Å². The van der Waals surface area contributed by atoms with Gasteiger partial charge in [-0.25, -0.2) is 16.8 Å². The lowest BCUT2D eigenvalue weighted by Crippen LogP contribution is -2.14. The minimum atomic E-state index is -3.99. The van der Waals surface area contributed by atoms with Gasteiger partial charge in [-0.3, -0.25) is 4.72 Å². The van der Waals surface area contributed by atoms with Crippen LogP contribution in [0.5, 0.6) is 0 Å². The quantitative estimate of drug-likeness (QED) is 0.695. The predicted molar refractivity (Wildman–Crippen MR) is 94.5 cm³/mol. The minimum absolute atomic E-state index is 0.0504. The van der Waals surface area contributed by atoms with Crippen molar-refractivity contribution in [2.45, 2.75) is 9.79 Å². The molecule has 2 rings (SSSR count). The second kappa shape index (κ2) is 6.34. The van der Waals surface area contributed by atoms with Crippen molar-refractivity contribution in [3.05, 3.63) is 51.1 Å². The number of rotatable bonds is 4. The van der Waals surface area contributed by atoms with E-state index in [0.29, 0.717) is 5.69 Å². The van der Waals surface area contributed by atoms with Crippen molar-refractivity contribution < 1.29 is 16.8 Å². The summed E-state index contributed by atoms with van der Waals surface area (Å²) in [6, 6.07) is 10.3. The molecule has 0 unspecified atom stereocenters. The predicted octanol–water partition coefficient (Wildman–Crippen LogP) is 3.15. The third kappa shape index (κ3) is 4.12. The number of sulfone groups is 1. The Morgan fingerprint density at radius 1 is 1.05 bits per heavy atom. The maximum Gasteiger partial charge on any atom is 0.263 e. The molecule has 2 aromatic carbocycles. The summed E-state index contributed by atoms with van der Waals surface area (Å²) >= 11 is 7.97. The molecule has 0 saturated heterocycles. The number of halogens is 2. The molecule has 0 aliphatic carbocycles. The summed E-state index contributed by atoms with van der Waals surface area (Å²) in [5.41, 5.74) is 0.368. The first-order valence-electron chi connectivity index (χ1n) is 5.87. The van der Waals surface area contributed by atoms with Crippen molar-refractivity contribution in [2.24, 2.45) is 0 Å². The lowest BCUT2D eigenvalue weighted by Gasteiger charge is -2.11. The summed E-state index contributed by atoms with van der Waals surface area (Å²) in [5.74, 6) is 0. The molecular formula is C13H11ClINO4S2. The molecular weight excluding hydrogens is 461 g/mol. The Morgan fingerprint density at radius 3 is 2.32 bits per heavy atom. The summed E-state index contributed by atoms with van der Waals surface area (Å²) in [5, 5.41) is -0.0504. The molecule has 9 heteroatoms. The van der Waals surface area contributed by atoms with Crippen LogP contribution in [0.1, 0.15) is 0 Å². The highest BCUT2D eigenvalue weighted by molar-refractivity contribution is 14.1. The molecule has 0 bridgehead atoms. The second-order valence-corrected chi connectivity index (χ2v) is 9.80. The Morgan fingerprint density at radius 2 is 1.73 bits per heavy atom. The Kier molecular flexibility index (Phi) is 5.05. The number of sulfonamides is 1. The SMILES string of the molecule is CS(=O)(=O)c1ccc(Cl)c(S(=O)(=O)Nc2cccc(I)c2)c1. The van der Waals surface area contributed by atoms with Gasteiger partial charge in [0, 0.05) is 15.5 Å². The molecule has 2 aromatic rings. The van der Waals surface area contributed by atoms with E-state index in [1.165, 1.54) is 12.1 Å². The normalized spacial score (nSPS) is 12.1. The summed E-state index contributed by atoms with van der Waals surface area (Å²) in [7, 11) is -7.53. The molecule has 0 heterocycles. The van der Waals surface area contributed by atoms with Crippen LogP contribution in [0.2, 0.25) is 5.02 Å². The maximum absolute atomic E-state index is 12.4. The van der Waals surface area contributed by atoms with Crippen LogP contribution in [-0.4, -0.2) is 23.1 Å². The van der Waals surface area contributed by atoms with E-state index in [9.17, 15) is 16.8 Å². The van der Waals surface area contributed by atoms with Gasteiger partial charge in [0.05, 0.1) is 9.92 Å². The first-order chi connectivity index (χ1) is 10.1. The molecule has 1 N–H and O–H groups in total. The van der Waals surface area contributed by atoms with E-state index < -0.39 is 19.9 Å². The van der Waals surface area contributed by atoms with Gasteiger partial charge in [-0.2, -0.15) is 0 Å². The molecule has 0 aliphatic heterocycles. The largest absolute Gasteiger partial charge is 0.280 e. The van der Waals surface area contributed by atoms with Crippen molar-refractivity contribution in [2.75, 3.05) is 11.0 Å². The number of hydrogen-bond acceptors (Lipinski definition) is 4. The third-order valence-corrected chi connectivity index (χ3v) is 6.34. The van der Waals surface area contributed by atoms with Gasteiger partial charge < -0.3 is 0 Å². The zero-order chi connectivity index (χ0) is 16.5. The van der Waals surface area contributed by atoms with Crippen LogP contribution < -0.4 is 4.72 Å². The lowest BCUT2D eigenvalue weighted by molar-refractivity contribution is 0.600. The van der Waals surface area contributed by atoms with Crippen LogP contribution in [0.25, 0.3) is 0 Å². The van der Waals surface area contributed by atoms with E-state index in [2.05, 4.69) is 27.3 Å². The fourth-order valence-electron chi connectivity index (χ4n) is 1.68. The zero-order valence-corrected chi connectivity index (χ0v) is 15.8. The number of hydrogen-bond donors (Lipinski definition) is 1. The molecule has 118 valence electrons. The minimum Gasteiger partial charge on any atom is -0.280 e. The highest BCUT2D eigenvalue weighted by Gasteiger charge is 2.21. The topological polar surface area (TPSA) is 80.3 Å². The molecule has 0 fully saturated rings. The van der Waals surface area contributed by atoms with Gasteiger partial charge in [-0.1, -0.05) is 17.7 Å². The number of benzene rings is 2. The molecule has 0 saturated carbocycles. The maximum atomic E-state index is 12.4. The Hall–Kier alpha value is -0.840. The van der Waals surface area contributed by atoms with Crippen LogP contribution in [0.3, 0.4) is 0 Å². The molecule has 0 atom stereocenters. The molecule has 0 aromatic heterocycles. The molecule has 5 nitrogen and oxygen atoms in total. The molecule has 0 amide bonds. The Labute approximate surface area is 147 Å². The van der Waals surface area contributed by atoms with Gasteiger partial charge >= 0.3 is 0 Å². The highest BCUT2D eigenvalue weighted by atomic mass is 127. The Bertz CT molecular complexity index is 927. The van der Waals surface area contributed by atoms with Crippen molar-refractivity contribution in [1.82, 2.24) is 0 Å². The molecule has 0 spiro atoms. The number of nitrogens with one attached hydrogen (secondary N) is 1. The fourth-order valence-corrected chi connectivity index (χ4v) is 4.52. The van der Waals surface area contributed by atoms with E-state index in [1.807, 2.05) is 6.07 Å². The first-order valence-corrected chi connectivity index (χ1v) is 10.7. The average Bonchev–Trinajstić information content (AvgIpc) is 2.36.